The average Bonchev–Trinajstić information content (AvgIpc) is 2.85. The number of rotatable bonds is 1. The molecular formula is C15H13FN2O. The molecule has 2 N–H and O–H groups in total. The second-order valence-electron chi connectivity index (χ2n) is 4.67. The molecule has 0 radical (unpaired) electrons. The third-order valence-corrected chi connectivity index (χ3v) is 3.38. The maximum Gasteiger partial charge on any atom is 0.254 e. The number of nitrogens with two attached hydrogens (primary N) is 1. The van der Waals surface area contributed by atoms with Gasteiger partial charge in [-0.25, -0.2) is 4.39 Å². The van der Waals surface area contributed by atoms with Gasteiger partial charge in [-0.3, -0.25) is 4.79 Å². The summed E-state index contributed by atoms with van der Waals surface area (Å²) < 4.78 is 13.4. The summed E-state index contributed by atoms with van der Waals surface area (Å²) in [6.45, 7) is 1.14. The Morgan fingerprint density at radius 3 is 2.32 bits per heavy atom. The van der Waals surface area contributed by atoms with Gasteiger partial charge in [-0.05, 0) is 29.3 Å². The minimum absolute atomic E-state index is 0.0567. The number of carbonyl (C=O) groups excluding carboxylic acids is 1. The summed E-state index contributed by atoms with van der Waals surface area (Å²) in [4.78, 5) is 14.0. The van der Waals surface area contributed by atoms with E-state index in [1.807, 2.05) is 24.3 Å². The highest BCUT2D eigenvalue weighted by Gasteiger charge is 2.24. The van der Waals surface area contributed by atoms with E-state index in [4.69, 9.17) is 5.73 Å². The molecule has 0 atom stereocenters. The molecule has 0 saturated carbocycles. The van der Waals surface area contributed by atoms with E-state index in [1.165, 1.54) is 12.1 Å². The zero-order valence-corrected chi connectivity index (χ0v) is 10.3. The molecule has 0 bridgehead atoms. The van der Waals surface area contributed by atoms with Crippen LogP contribution in [0, 0.1) is 5.82 Å². The van der Waals surface area contributed by atoms with Gasteiger partial charge in [0.2, 0.25) is 0 Å². The highest BCUT2D eigenvalue weighted by atomic mass is 19.1. The number of nitrogens with zero attached hydrogens (tertiary/aromatic N) is 1. The third-order valence-electron chi connectivity index (χ3n) is 3.38. The Hall–Kier alpha value is -2.36. The van der Waals surface area contributed by atoms with Crippen molar-refractivity contribution in [1.82, 2.24) is 4.90 Å². The minimum Gasteiger partial charge on any atom is -0.396 e. The molecular weight excluding hydrogens is 243 g/mol. The fraction of sp³-hybridized carbons (Fsp3) is 0.133. The molecule has 1 aliphatic rings. The van der Waals surface area contributed by atoms with Crippen molar-refractivity contribution in [2.45, 2.75) is 13.1 Å². The highest BCUT2D eigenvalue weighted by molar-refractivity contribution is 5.94. The molecule has 0 aromatic heterocycles. The fourth-order valence-corrected chi connectivity index (χ4v) is 2.32. The number of anilines is 1. The molecule has 0 aliphatic carbocycles. The summed E-state index contributed by atoms with van der Waals surface area (Å²) in [5, 5.41) is 0. The molecule has 2 aromatic carbocycles. The van der Waals surface area contributed by atoms with Crippen molar-refractivity contribution in [3.8, 4) is 0 Å². The van der Waals surface area contributed by atoms with E-state index in [2.05, 4.69) is 0 Å². The van der Waals surface area contributed by atoms with Crippen molar-refractivity contribution in [3.05, 3.63) is 65.0 Å². The largest absolute Gasteiger partial charge is 0.396 e. The molecule has 4 heteroatoms. The van der Waals surface area contributed by atoms with Crippen LogP contribution in [0.4, 0.5) is 10.1 Å². The van der Waals surface area contributed by atoms with Gasteiger partial charge in [0, 0.05) is 18.7 Å². The summed E-state index contributed by atoms with van der Waals surface area (Å²) in [6.07, 6.45) is 0. The number of nitrogen functional groups attached to an aromatic ring is 1. The summed E-state index contributed by atoms with van der Waals surface area (Å²) in [5.74, 6) is -0.724. The minimum atomic E-state index is -0.553. The Labute approximate surface area is 110 Å². The van der Waals surface area contributed by atoms with Gasteiger partial charge in [-0.1, -0.05) is 24.3 Å². The number of halogens is 1. The standard InChI is InChI=1S/C15H13FN2O/c16-13-7-10(5-6-14(13)17)15(19)18-8-11-3-1-2-4-12(11)9-18/h1-7H,8-9,17H2. The number of fused-ring (bicyclic) bond motifs is 1. The van der Waals surface area contributed by atoms with Crippen molar-refractivity contribution in [2.24, 2.45) is 0 Å². The normalized spacial score (nSPS) is 13.4. The molecule has 3 nitrogen and oxygen atoms in total. The van der Waals surface area contributed by atoms with Gasteiger partial charge in [0.25, 0.3) is 5.91 Å². The lowest BCUT2D eigenvalue weighted by molar-refractivity contribution is 0.0751. The third kappa shape index (κ3) is 2.05. The van der Waals surface area contributed by atoms with Gasteiger partial charge in [0.1, 0.15) is 5.82 Å². The molecule has 0 fully saturated rings. The van der Waals surface area contributed by atoms with Crippen LogP contribution in [0.25, 0.3) is 0 Å². The van der Waals surface area contributed by atoms with E-state index in [0.29, 0.717) is 18.7 Å². The van der Waals surface area contributed by atoms with Crippen LogP contribution >= 0.6 is 0 Å². The number of carbonyl (C=O) groups is 1. The SMILES string of the molecule is Nc1ccc(C(=O)N2Cc3ccccc3C2)cc1F. The van der Waals surface area contributed by atoms with E-state index in [9.17, 15) is 9.18 Å². The van der Waals surface area contributed by atoms with E-state index in [1.54, 1.807) is 11.0 Å². The molecule has 0 unspecified atom stereocenters. The number of hydrogen-bond donors (Lipinski definition) is 1. The second-order valence-corrected chi connectivity index (χ2v) is 4.67. The molecule has 0 spiro atoms. The molecule has 3 rings (SSSR count). The summed E-state index contributed by atoms with van der Waals surface area (Å²) in [6, 6.07) is 12.1. The molecule has 1 aliphatic heterocycles. The second kappa shape index (κ2) is 4.39. The van der Waals surface area contributed by atoms with Gasteiger partial charge in [-0.2, -0.15) is 0 Å². The van der Waals surface area contributed by atoms with Crippen molar-refractivity contribution in [3.63, 3.8) is 0 Å². The highest BCUT2D eigenvalue weighted by Crippen LogP contribution is 2.24. The van der Waals surface area contributed by atoms with E-state index < -0.39 is 5.82 Å². The first-order chi connectivity index (χ1) is 9.15. The summed E-state index contributed by atoms with van der Waals surface area (Å²) in [5.41, 5.74) is 8.09. The van der Waals surface area contributed by atoms with Crippen LogP contribution < -0.4 is 5.73 Å². The van der Waals surface area contributed by atoms with E-state index in [0.717, 1.165) is 11.1 Å². The predicted octanol–water partition coefficient (Wildman–Crippen LogP) is 2.56. The lowest BCUT2D eigenvalue weighted by atomic mass is 10.1. The Morgan fingerprint density at radius 2 is 1.74 bits per heavy atom. The van der Waals surface area contributed by atoms with Gasteiger partial charge in [-0.15, -0.1) is 0 Å². The fourth-order valence-electron chi connectivity index (χ4n) is 2.32. The van der Waals surface area contributed by atoms with Gasteiger partial charge < -0.3 is 10.6 Å². The lowest BCUT2D eigenvalue weighted by Crippen LogP contribution is -2.25. The molecule has 0 saturated heterocycles. The monoisotopic (exact) mass is 256 g/mol. The van der Waals surface area contributed by atoms with Crippen LogP contribution in [0.2, 0.25) is 0 Å². The Bertz CT molecular complexity index is 629. The molecule has 1 heterocycles. The van der Waals surface area contributed by atoms with Crippen LogP contribution in [-0.2, 0) is 13.1 Å². The zero-order chi connectivity index (χ0) is 13.4. The van der Waals surface area contributed by atoms with Crippen LogP contribution in [0.1, 0.15) is 21.5 Å². The van der Waals surface area contributed by atoms with E-state index in [-0.39, 0.29) is 11.6 Å². The average molecular weight is 256 g/mol. The first kappa shape index (κ1) is 11.7. The van der Waals surface area contributed by atoms with Crippen LogP contribution in [-0.4, -0.2) is 10.8 Å². The summed E-state index contributed by atoms with van der Waals surface area (Å²) in [7, 11) is 0. The Morgan fingerprint density at radius 1 is 1.11 bits per heavy atom. The predicted molar refractivity (Wildman–Crippen MR) is 70.8 cm³/mol. The Kier molecular flexibility index (Phi) is 2.71. The smallest absolute Gasteiger partial charge is 0.254 e. The molecule has 19 heavy (non-hydrogen) atoms. The topological polar surface area (TPSA) is 46.3 Å². The maximum absolute atomic E-state index is 13.4. The first-order valence-corrected chi connectivity index (χ1v) is 6.06. The number of benzene rings is 2. The van der Waals surface area contributed by atoms with Gasteiger partial charge in [0.05, 0.1) is 5.69 Å². The Balaban J connectivity index is 1.85. The molecule has 2 aromatic rings. The van der Waals surface area contributed by atoms with E-state index >= 15 is 0 Å². The van der Waals surface area contributed by atoms with Gasteiger partial charge in [0.15, 0.2) is 0 Å². The summed E-state index contributed by atoms with van der Waals surface area (Å²) >= 11 is 0. The molecule has 1 amide bonds. The van der Waals surface area contributed by atoms with Crippen molar-refractivity contribution in [1.29, 1.82) is 0 Å². The van der Waals surface area contributed by atoms with Crippen LogP contribution in [0.5, 0.6) is 0 Å². The number of amides is 1. The van der Waals surface area contributed by atoms with Crippen molar-refractivity contribution < 1.29 is 9.18 Å². The van der Waals surface area contributed by atoms with Gasteiger partial charge >= 0.3 is 0 Å². The quantitative estimate of drug-likeness (QED) is 0.797. The van der Waals surface area contributed by atoms with Crippen LogP contribution in [0.3, 0.4) is 0 Å². The first-order valence-electron chi connectivity index (χ1n) is 6.06. The number of hydrogen-bond acceptors (Lipinski definition) is 2. The zero-order valence-electron chi connectivity index (χ0n) is 10.3. The molecule has 96 valence electrons. The maximum atomic E-state index is 13.4. The van der Waals surface area contributed by atoms with Crippen LogP contribution in [0.15, 0.2) is 42.5 Å². The lowest BCUT2D eigenvalue weighted by Gasteiger charge is -2.15. The van der Waals surface area contributed by atoms with Crippen molar-refractivity contribution >= 4 is 11.6 Å². The van der Waals surface area contributed by atoms with Crippen molar-refractivity contribution in [2.75, 3.05) is 5.73 Å².